The van der Waals surface area contributed by atoms with Crippen LogP contribution in [0.4, 0.5) is 4.39 Å². The maximum atomic E-state index is 14.9. The van der Waals surface area contributed by atoms with E-state index in [0.29, 0.717) is 24.5 Å². The molecule has 3 aliphatic carbocycles. The number of fused-ring (bicyclic) bond motifs is 2. The van der Waals surface area contributed by atoms with Gasteiger partial charge in [0.1, 0.15) is 5.82 Å². The second-order valence-corrected chi connectivity index (χ2v) is 9.24. The fourth-order valence-corrected chi connectivity index (χ4v) is 6.01. The fraction of sp³-hybridized carbons (Fsp3) is 0.680. The Morgan fingerprint density at radius 3 is 2.74 bits per heavy atom. The van der Waals surface area contributed by atoms with Crippen LogP contribution in [0.25, 0.3) is 0 Å². The quantitative estimate of drug-likeness (QED) is 0.531. The molecule has 0 aromatic heterocycles. The lowest BCUT2D eigenvalue weighted by molar-refractivity contribution is -0.00311. The third-order valence-corrected chi connectivity index (χ3v) is 7.69. The molecule has 0 radical (unpaired) electrons. The fourth-order valence-electron chi connectivity index (χ4n) is 6.01. The molecular weight excluding hydrogens is 335 g/mol. The van der Waals surface area contributed by atoms with E-state index in [2.05, 4.69) is 19.6 Å². The number of hydrogen-bond acceptors (Lipinski definition) is 1. The van der Waals surface area contributed by atoms with Gasteiger partial charge in [0.25, 0.3) is 0 Å². The van der Waals surface area contributed by atoms with Crippen molar-refractivity contribution in [3.05, 3.63) is 47.3 Å². The summed E-state index contributed by atoms with van der Waals surface area (Å²) in [6.45, 7) is 6.67. The van der Waals surface area contributed by atoms with Crippen LogP contribution in [0.3, 0.4) is 0 Å². The van der Waals surface area contributed by atoms with Crippen LogP contribution in [0.15, 0.2) is 24.8 Å². The number of rotatable bonds is 5. The molecule has 5 atom stereocenters. The molecule has 2 fully saturated rings. The van der Waals surface area contributed by atoms with Gasteiger partial charge in [-0.1, -0.05) is 25.5 Å². The molecule has 0 spiro atoms. The number of ether oxygens (including phenoxy) is 1. The van der Waals surface area contributed by atoms with Crippen LogP contribution < -0.4 is 0 Å². The van der Waals surface area contributed by atoms with E-state index < -0.39 is 0 Å². The Balaban J connectivity index is 1.43. The number of hydrogen-bond donors (Lipinski definition) is 0. The van der Waals surface area contributed by atoms with Crippen molar-refractivity contribution in [2.45, 2.75) is 83.2 Å². The van der Waals surface area contributed by atoms with Gasteiger partial charge in [0, 0.05) is 0 Å². The predicted octanol–water partition coefficient (Wildman–Crippen LogP) is 6.60. The Bertz CT molecular complexity index is 667. The lowest BCUT2D eigenvalue weighted by Crippen LogP contribution is -2.33. The van der Waals surface area contributed by atoms with E-state index in [-0.39, 0.29) is 5.82 Å². The number of aryl methyl sites for hydroxylation is 1. The Labute approximate surface area is 164 Å². The molecule has 0 bridgehead atoms. The predicted molar refractivity (Wildman–Crippen MR) is 110 cm³/mol. The van der Waals surface area contributed by atoms with Gasteiger partial charge in [-0.2, -0.15) is 0 Å². The maximum absolute atomic E-state index is 14.9. The van der Waals surface area contributed by atoms with Crippen LogP contribution in [0, 0.1) is 23.6 Å². The van der Waals surface area contributed by atoms with E-state index >= 15 is 0 Å². The van der Waals surface area contributed by atoms with Gasteiger partial charge in [-0.3, -0.25) is 0 Å². The van der Waals surface area contributed by atoms with Crippen LogP contribution >= 0.6 is 0 Å². The molecule has 27 heavy (non-hydrogen) atoms. The zero-order valence-electron chi connectivity index (χ0n) is 16.9. The first kappa shape index (κ1) is 19.2. The highest BCUT2D eigenvalue weighted by Gasteiger charge is 2.36. The van der Waals surface area contributed by atoms with Gasteiger partial charge < -0.3 is 4.74 Å². The van der Waals surface area contributed by atoms with E-state index in [9.17, 15) is 4.39 Å². The second kappa shape index (κ2) is 8.47. The molecule has 0 saturated heterocycles. The summed E-state index contributed by atoms with van der Waals surface area (Å²) < 4.78 is 20.8. The third-order valence-electron chi connectivity index (χ3n) is 7.69. The Morgan fingerprint density at radius 1 is 1.11 bits per heavy atom. The summed E-state index contributed by atoms with van der Waals surface area (Å²) in [5.74, 6) is 2.91. The molecule has 148 valence electrons. The Kier molecular flexibility index (Phi) is 6.02. The van der Waals surface area contributed by atoms with E-state index in [1.165, 1.54) is 62.5 Å². The van der Waals surface area contributed by atoms with Gasteiger partial charge in [0.05, 0.1) is 12.7 Å². The summed E-state index contributed by atoms with van der Waals surface area (Å²) in [6, 6.07) is 4.26. The van der Waals surface area contributed by atoms with Crippen molar-refractivity contribution in [3.63, 3.8) is 0 Å². The molecule has 0 amide bonds. The van der Waals surface area contributed by atoms with Crippen molar-refractivity contribution >= 4 is 0 Å². The molecule has 0 heterocycles. The van der Waals surface area contributed by atoms with E-state index in [4.69, 9.17) is 4.74 Å². The van der Waals surface area contributed by atoms with Gasteiger partial charge in [-0.25, -0.2) is 4.39 Å². The molecule has 3 aliphatic rings. The molecule has 0 aliphatic heterocycles. The summed E-state index contributed by atoms with van der Waals surface area (Å²) >= 11 is 0. The largest absolute Gasteiger partial charge is 0.374 e. The molecule has 1 nitrogen and oxygen atoms in total. The molecule has 5 unspecified atom stereocenters. The van der Waals surface area contributed by atoms with Gasteiger partial charge in [-0.05, 0) is 104 Å². The minimum absolute atomic E-state index is 0.0734. The van der Waals surface area contributed by atoms with Crippen molar-refractivity contribution in [1.82, 2.24) is 0 Å². The normalized spacial score (nSPS) is 33.2. The highest BCUT2D eigenvalue weighted by Crippen LogP contribution is 2.47. The smallest absolute Gasteiger partial charge is 0.126 e. The van der Waals surface area contributed by atoms with Crippen molar-refractivity contribution in [2.24, 2.45) is 17.8 Å². The van der Waals surface area contributed by atoms with Crippen LogP contribution in [-0.4, -0.2) is 12.7 Å². The highest BCUT2D eigenvalue weighted by atomic mass is 19.1. The van der Waals surface area contributed by atoms with Crippen LogP contribution in [0.5, 0.6) is 0 Å². The minimum Gasteiger partial charge on any atom is -0.374 e. The summed E-state index contributed by atoms with van der Waals surface area (Å²) in [7, 11) is 0. The highest BCUT2D eigenvalue weighted by molar-refractivity contribution is 5.37. The average molecular weight is 371 g/mol. The first-order valence-corrected chi connectivity index (χ1v) is 11.2. The molecule has 1 aromatic rings. The molecule has 2 saturated carbocycles. The maximum Gasteiger partial charge on any atom is 0.126 e. The molecule has 4 rings (SSSR count). The van der Waals surface area contributed by atoms with Crippen LogP contribution in [0.1, 0.15) is 80.9 Å². The molecule has 1 aromatic carbocycles. The minimum atomic E-state index is 0.0734. The van der Waals surface area contributed by atoms with E-state index in [1.54, 1.807) is 0 Å². The van der Waals surface area contributed by atoms with Gasteiger partial charge in [0.2, 0.25) is 0 Å². The van der Waals surface area contributed by atoms with Gasteiger partial charge in [0.15, 0.2) is 0 Å². The van der Waals surface area contributed by atoms with Crippen molar-refractivity contribution in [1.29, 1.82) is 0 Å². The first-order valence-electron chi connectivity index (χ1n) is 11.2. The van der Waals surface area contributed by atoms with Gasteiger partial charge >= 0.3 is 0 Å². The topological polar surface area (TPSA) is 9.23 Å². The number of halogens is 1. The summed E-state index contributed by atoms with van der Waals surface area (Å²) in [5.41, 5.74) is 3.61. The lowest BCUT2D eigenvalue weighted by atomic mass is 9.65. The standard InChI is InChI=1S/C25H35FO/c1-3-11-27-23-10-9-18-13-19(7-8-20(18)15-23)22-14-21-6-5-17(4-2)12-24(21)25(26)16-22/h3,14,16-20,23H,1,4-13,15H2,2H3. The van der Waals surface area contributed by atoms with Crippen molar-refractivity contribution in [2.75, 3.05) is 6.61 Å². The van der Waals surface area contributed by atoms with Crippen molar-refractivity contribution < 1.29 is 9.13 Å². The molecule has 0 N–H and O–H groups in total. The lowest BCUT2D eigenvalue weighted by Gasteiger charge is -2.42. The second-order valence-electron chi connectivity index (χ2n) is 9.24. The van der Waals surface area contributed by atoms with Crippen molar-refractivity contribution in [3.8, 4) is 0 Å². The van der Waals surface area contributed by atoms with Crippen LogP contribution in [0.2, 0.25) is 0 Å². The zero-order chi connectivity index (χ0) is 18.8. The first-order chi connectivity index (χ1) is 13.2. The average Bonchev–Trinajstić information content (AvgIpc) is 2.71. The third kappa shape index (κ3) is 4.16. The summed E-state index contributed by atoms with van der Waals surface area (Å²) in [6.07, 6.45) is 14.1. The zero-order valence-corrected chi connectivity index (χ0v) is 16.9. The SMILES string of the molecule is C=CCOC1CCC2CC(c3cc(F)c4c(c3)CCC(CC)C4)CCC2C1. The van der Waals surface area contributed by atoms with E-state index in [1.807, 2.05) is 12.1 Å². The number of benzene rings is 1. The van der Waals surface area contributed by atoms with E-state index in [0.717, 1.165) is 30.2 Å². The Hall–Kier alpha value is -1.15. The Morgan fingerprint density at radius 2 is 1.93 bits per heavy atom. The monoisotopic (exact) mass is 370 g/mol. The summed E-state index contributed by atoms with van der Waals surface area (Å²) in [4.78, 5) is 0. The molecule has 2 heteroatoms. The summed E-state index contributed by atoms with van der Waals surface area (Å²) in [5, 5.41) is 0. The molecular formula is C25H35FO. The van der Waals surface area contributed by atoms with Crippen LogP contribution in [-0.2, 0) is 17.6 Å². The van der Waals surface area contributed by atoms with Gasteiger partial charge in [-0.15, -0.1) is 6.58 Å².